The predicted octanol–water partition coefficient (Wildman–Crippen LogP) is 4.05. The lowest BCUT2D eigenvalue weighted by Gasteiger charge is -2.45. The smallest absolute Gasteiger partial charge is 0.235 e. The number of Topliss-reactive ketones (excluding diaryl/α,β-unsaturated/α-hetero) is 2. The molecule has 160 valence electrons. The number of carbonyl (C=O) groups is 3. The van der Waals surface area contributed by atoms with Crippen LogP contribution in [0.5, 0.6) is 0 Å². The summed E-state index contributed by atoms with van der Waals surface area (Å²) in [5.74, 6) is 5.53. The molecule has 1 unspecified atom stereocenters. The lowest BCUT2D eigenvalue weighted by Crippen LogP contribution is -2.49. The van der Waals surface area contributed by atoms with Crippen molar-refractivity contribution in [3.05, 3.63) is 34.4 Å². The van der Waals surface area contributed by atoms with Crippen LogP contribution in [0, 0.1) is 31.1 Å². The van der Waals surface area contributed by atoms with Gasteiger partial charge in [-0.05, 0) is 81.0 Å². The van der Waals surface area contributed by atoms with Gasteiger partial charge in [0.25, 0.3) is 0 Å². The summed E-state index contributed by atoms with van der Waals surface area (Å²) in [6, 6.07) is 3.95. The molecule has 2 fully saturated rings. The minimum Gasteiger partial charge on any atom is -0.342 e. The summed E-state index contributed by atoms with van der Waals surface area (Å²) in [6.07, 6.45) is 4.26. The van der Waals surface area contributed by atoms with Crippen LogP contribution in [-0.2, 0) is 14.4 Å². The number of carbonyl (C=O) groups excluding carboxylic acids is 3. The molecule has 1 aliphatic heterocycles. The molecule has 3 rings (SSSR count). The fraction of sp³-hybridized carbons (Fsp3) is 0.560. The van der Waals surface area contributed by atoms with E-state index < -0.39 is 5.92 Å². The Hall–Kier alpha value is -2.06. The third-order valence-electron chi connectivity index (χ3n) is 6.73. The Morgan fingerprint density at radius 1 is 1.13 bits per heavy atom. The number of thioether (sulfide) groups is 1. The maximum absolute atomic E-state index is 13.2. The lowest BCUT2D eigenvalue weighted by molar-refractivity contribution is -0.140. The number of piperidine rings is 1. The summed E-state index contributed by atoms with van der Waals surface area (Å²) in [4.78, 5) is 40.8. The van der Waals surface area contributed by atoms with Gasteiger partial charge >= 0.3 is 0 Å². The van der Waals surface area contributed by atoms with Gasteiger partial charge in [-0.15, -0.1) is 5.92 Å². The molecule has 1 aromatic carbocycles. The molecule has 1 amide bonds. The van der Waals surface area contributed by atoms with Crippen LogP contribution in [0.3, 0.4) is 0 Å². The van der Waals surface area contributed by atoms with E-state index in [2.05, 4.69) is 11.8 Å². The predicted molar refractivity (Wildman–Crippen MR) is 122 cm³/mol. The lowest BCUT2D eigenvalue weighted by atomic mass is 9.62. The molecule has 5 heteroatoms. The summed E-state index contributed by atoms with van der Waals surface area (Å²) < 4.78 is 0. The van der Waals surface area contributed by atoms with Crippen molar-refractivity contribution >= 4 is 29.2 Å². The first-order chi connectivity index (χ1) is 14.2. The number of rotatable bonds is 3. The van der Waals surface area contributed by atoms with E-state index >= 15 is 0 Å². The molecule has 30 heavy (non-hydrogen) atoms. The molecular formula is C25H31NO3S. The molecule has 0 radical (unpaired) electrons. The number of amides is 1. The number of hydrogen-bond acceptors (Lipinski definition) is 4. The minimum absolute atomic E-state index is 0.0315. The van der Waals surface area contributed by atoms with Gasteiger partial charge in [-0.2, -0.15) is 11.8 Å². The van der Waals surface area contributed by atoms with Gasteiger partial charge < -0.3 is 4.90 Å². The molecule has 0 aromatic heterocycles. The highest BCUT2D eigenvalue weighted by Gasteiger charge is 2.48. The molecule has 1 aliphatic carbocycles. The average Bonchev–Trinajstić information content (AvgIpc) is 2.69. The van der Waals surface area contributed by atoms with Crippen LogP contribution in [0.15, 0.2) is 12.1 Å². The van der Waals surface area contributed by atoms with E-state index in [9.17, 15) is 14.4 Å². The highest BCUT2D eigenvalue weighted by Crippen LogP contribution is 2.46. The van der Waals surface area contributed by atoms with Crippen LogP contribution in [0.1, 0.15) is 67.7 Å². The van der Waals surface area contributed by atoms with Gasteiger partial charge in [0.2, 0.25) is 5.91 Å². The van der Waals surface area contributed by atoms with E-state index in [1.54, 1.807) is 18.7 Å². The molecule has 2 aliphatic rings. The molecule has 1 aromatic rings. The van der Waals surface area contributed by atoms with Crippen LogP contribution in [0.4, 0.5) is 0 Å². The second kappa shape index (κ2) is 8.98. The molecule has 1 saturated heterocycles. The summed E-state index contributed by atoms with van der Waals surface area (Å²) in [6.45, 7) is 8.93. The van der Waals surface area contributed by atoms with Crippen molar-refractivity contribution in [1.29, 1.82) is 0 Å². The number of ketones is 2. The topological polar surface area (TPSA) is 54.5 Å². The number of benzene rings is 1. The first-order valence-electron chi connectivity index (χ1n) is 10.6. The molecule has 1 saturated carbocycles. The molecule has 1 heterocycles. The molecule has 0 bridgehead atoms. The molecule has 1 atom stereocenters. The van der Waals surface area contributed by atoms with Gasteiger partial charge in [-0.25, -0.2) is 0 Å². The second-order valence-electron chi connectivity index (χ2n) is 8.82. The van der Waals surface area contributed by atoms with Crippen LogP contribution in [0.2, 0.25) is 0 Å². The Morgan fingerprint density at radius 3 is 2.13 bits per heavy atom. The van der Waals surface area contributed by atoms with Crippen molar-refractivity contribution in [3.8, 4) is 11.8 Å². The number of nitrogens with zero attached hydrogens (tertiary/aromatic N) is 1. The highest BCUT2D eigenvalue weighted by molar-refractivity contribution is 7.99. The summed E-state index contributed by atoms with van der Waals surface area (Å²) >= 11 is 1.55. The maximum Gasteiger partial charge on any atom is 0.235 e. The molecule has 1 spiro atoms. The van der Waals surface area contributed by atoms with Crippen LogP contribution in [0.25, 0.3) is 0 Å². The average molecular weight is 426 g/mol. The van der Waals surface area contributed by atoms with Gasteiger partial charge in [0.15, 0.2) is 0 Å². The number of aryl methyl sites for hydroxylation is 2. The summed E-state index contributed by atoms with van der Waals surface area (Å²) in [7, 11) is 0. The zero-order valence-corrected chi connectivity index (χ0v) is 19.4. The second-order valence-corrected chi connectivity index (χ2v) is 10.00. The zero-order valence-electron chi connectivity index (χ0n) is 18.6. The van der Waals surface area contributed by atoms with Crippen molar-refractivity contribution in [2.45, 2.75) is 64.5 Å². The van der Waals surface area contributed by atoms with Crippen molar-refractivity contribution in [1.82, 2.24) is 4.90 Å². The maximum atomic E-state index is 13.2. The fourth-order valence-electron chi connectivity index (χ4n) is 5.07. The van der Waals surface area contributed by atoms with E-state index in [4.69, 9.17) is 0 Å². The standard InChI is InChI=1S/C25H31NO3S/c1-6-7-19-12-16(2)22(17(3)13-19)23-20(27)14-25(15-21(23)28)8-10-26(11-9-25)24(29)18(4)30-5/h12-13,18,23H,8-11,14-15H2,1-5H3. The van der Waals surface area contributed by atoms with Gasteiger partial charge in [0.1, 0.15) is 17.5 Å². The largest absolute Gasteiger partial charge is 0.342 e. The number of likely N-dealkylation sites (tertiary alicyclic amines) is 1. The first-order valence-corrected chi connectivity index (χ1v) is 11.9. The molecule has 0 N–H and O–H groups in total. The van der Waals surface area contributed by atoms with Gasteiger partial charge in [0.05, 0.1) is 5.25 Å². The third kappa shape index (κ3) is 4.34. The quantitative estimate of drug-likeness (QED) is 0.542. The van der Waals surface area contributed by atoms with Crippen molar-refractivity contribution < 1.29 is 14.4 Å². The Kier molecular flexibility index (Phi) is 6.77. The molecule has 4 nitrogen and oxygen atoms in total. The van der Waals surface area contributed by atoms with E-state index in [-0.39, 0.29) is 28.1 Å². The van der Waals surface area contributed by atoms with Crippen molar-refractivity contribution in [2.24, 2.45) is 5.41 Å². The van der Waals surface area contributed by atoms with Crippen molar-refractivity contribution in [2.75, 3.05) is 19.3 Å². The highest BCUT2D eigenvalue weighted by atomic mass is 32.2. The minimum atomic E-state index is -0.657. The van der Waals surface area contributed by atoms with Crippen molar-refractivity contribution in [3.63, 3.8) is 0 Å². The van der Waals surface area contributed by atoms with Crippen LogP contribution >= 0.6 is 11.8 Å². The van der Waals surface area contributed by atoms with E-state index in [0.717, 1.165) is 35.1 Å². The zero-order chi connectivity index (χ0) is 22.1. The van der Waals surface area contributed by atoms with Crippen LogP contribution < -0.4 is 0 Å². The van der Waals surface area contributed by atoms with E-state index in [1.165, 1.54) is 0 Å². The summed E-state index contributed by atoms with van der Waals surface area (Å²) in [5.41, 5.74) is 3.42. The summed E-state index contributed by atoms with van der Waals surface area (Å²) in [5, 5.41) is -0.0515. The Labute approximate surface area is 184 Å². The fourth-order valence-corrected chi connectivity index (χ4v) is 5.42. The third-order valence-corrected chi connectivity index (χ3v) is 7.64. The normalized spacial score (nSPS) is 20.1. The van der Waals surface area contributed by atoms with E-state index in [0.29, 0.717) is 25.9 Å². The first kappa shape index (κ1) is 22.6. The Balaban J connectivity index is 1.77. The Bertz CT molecular complexity index is 888. The SMILES string of the molecule is CC#Cc1cc(C)c(C2C(=O)CC3(CCN(C(=O)C(C)SC)CC3)CC2=O)c(C)c1. The number of hydrogen-bond donors (Lipinski definition) is 0. The van der Waals surface area contributed by atoms with Gasteiger partial charge in [-0.3, -0.25) is 14.4 Å². The van der Waals surface area contributed by atoms with E-state index in [1.807, 2.05) is 44.1 Å². The van der Waals surface area contributed by atoms with Crippen LogP contribution in [-0.4, -0.2) is 47.0 Å². The van der Waals surface area contributed by atoms with Gasteiger partial charge in [-0.1, -0.05) is 5.92 Å². The monoisotopic (exact) mass is 425 g/mol. The molecular weight excluding hydrogens is 394 g/mol. The van der Waals surface area contributed by atoms with Gasteiger partial charge in [0, 0.05) is 31.5 Å². The Morgan fingerprint density at radius 2 is 1.67 bits per heavy atom.